The lowest BCUT2D eigenvalue weighted by Gasteiger charge is -2.34. The fraction of sp³-hybridized carbons (Fsp3) is 0.421. The molecule has 146 valence electrons. The normalized spacial score (nSPS) is 15.9. The fourth-order valence-corrected chi connectivity index (χ4v) is 4.15. The Hall–Kier alpha value is -2.16. The SMILES string of the molecule is CNS(=O)(=O)c1cc(C(=O)N2CCN(Cc3cccc(C)c3)CC2)n(C)c1. The Labute approximate surface area is 160 Å². The molecule has 1 amide bonds. The number of amides is 1. The van der Waals surface area contributed by atoms with E-state index in [1.165, 1.54) is 30.4 Å². The lowest BCUT2D eigenvalue weighted by molar-refractivity contribution is 0.0619. The minimum Gasteiger partial charge on any atom is -0.345 e. The van der Waals surface area contributed by atoms with Crippen LogP contribution in [-0.2, 0) is 23.6 Å². The van der Waals surface area contributed by atoms with Crippen LogP contribution < -0.4 is 4.72 Å². The molecule has 8 heteroatoms. The zero-order valence-corrected chi connectivity index (χ0v) is 16.8. The van der Waals surface area contributed by atoms with Gasteiger partial charge >= 0.3 is 0 Å². The largest absolute Gasteiger partial charge is 0.345 e. The molecule has 2 aromatic rings. The van der Waals surface area contributed by atoms with Crippen molar-refractivity contribution in [2.45, 2.75) is 18.4 Å². The number of carbonyl (C=O) groups excluding carboxylic acids is 1. The van der Waals surface area contributed by atoms with Gasteiger partial charge in [0.25, 0.3) is 5.91 Å². The van der Waals surface area contributed by atoms with Crippen molar-refractivity contribution in [1.82, 2.24) is 19.1 Å². The van der Waals surface area contributed by atoms with Crippen LogP contribution in [0.1, 0.15) is 21.6 Å². The molecule has 0 radical (unpaired) electrons. The number of hydrogen-bond donors (Lipinski definition) is 1. The van der Waals surface area contributed by atoms with Crippen molar-refractivity contribution in [1.29, 1.82) is 0 Å². The monoisotopic (exact) mass is 390 g/mol. The summed E-state index contributed by atoms with van der Waals surface area (Å²) in [6, 6.07) is 9.90. The van der Waals surface area contributed by atoms with Gasteiger partial charge in [0.15, 0.2) is 0 Å². The maximum atomic E-state index is 12.8. The first-order valence-corrected chi connectivity index (χ1v) is 10.5. The summed E-state index contributed by atoms with van der Waals surface area (Å²) in [5.41, 5.74) is 2.91. The standard InChI is InChI=1S/C19H26N4O3S/c1-15-5-4-6-16(11-15)13-22-7-9-23(10-8-22)19(24)18-12-17(14-21(18)3)27(25,26)20-2/h4-6,11-12,14,20H,7-10,13H2,1-3H3. The number of piperazine rings is 1. The van der Waals surface area contributed by atoms with Gasteiger partial charge in [0.05, 0.1) is 0 Å². The summed E-state index contributed by atoms with van der Waals surface area (Å²) in [6.45, 7) is 5.81. The van der Waals surface area contributed by atoms with Gasteiger partial charge in [-0.1, -0.05) is 29.8 Å². The highest BCUT2D eigenvalue weighted by molar-refractivity contribution is 7.89. The molecule has 0 unspecified atom stereocenters. The third kappa shape index (κ3) is 4.40. The highest BCUT2D eigenvalue weighted by Gasteiger charge is 2.26. The van der Waals surface area contributed by atoms with E-state index < -0.39 is 10.0 Å². The van der Waals surface area contributed by atoms with E-state index in [0.717, 1.165) is 19.6 Å². The molecular weight excluding hydrogens is 364 g/mol. The Kier molecular flexibility index (Phi) is 5.69. The van der Waals surface area contributed by atoms with Gasteiger partial charge in [-0.15, -0.1) is 0 Å². The van der Waals surface area contributed by atoms with Gasteiger partial charge in [-0.3, -0.25) is 9.69 Å². The third-order valence-electron chi connectivity index (χ3n) is 4.93. The van der Waals surface area contributed by atoms with Crippen molar-refractivity contribution < 1.29 is 13.2 Å². The van der Waals surface area contributed by atoms with Crippen molar-refractivity contribution in [2.75, 3.05) is 33.2 Å². The van der Waals surface area contributed by atoms with Gasteiger partial charge in [0, 0.05) is 46.0 Å². The number of aryl methyl sites for hydroxylation is 2. The van der Waals surface area contributed by atoms with Gasteiger partial charge in [-0.05, 0) is 25.6 Å². The number of benzene rings is 1. The molecule has 3 rings (SSSR count). The van der Waals surface area contributed by atoms with Crippen molar-refractivity contribution in [3.8, 4) is 0 Å². The number of carbonyl (C=O) groups is 1. The van der Waals surface area contributed by atoms with Crippen LogP contribution in [0.2, 0.25) is 0 Å². The number of hydrogen-bond acceptors (Lipinski definition) is 4. The Morgan fingerprint density at radius 3 is 2.48 bits per heavy atom. The topological polar surface area (TPSA) is 74.7 Å². The van der Waals surface area contributed by atoms with Crippen molar-refractivity contribution >= 4 is 15.9 Å². The van der Waals surface area contributed by atoms with E-state index >= 15 is 0 Å². The van der Waals surface area contributed by atoms with E-state index in [1.807, 2.05) is 0 Å². The van der Waals surface area contributed by atoms with Crippen LogP contribution in [0, 0.1) is 6.92 Å². The van der Waals surface area contributed by atoms with Crippen LogP contribution in [0.4, 0.5) is 0 Å². The summed E-state index contributed by atoms with van der Waals surface area (Å²) in [4.78, 5) is 17.1. The Balaban J connectivity index is 1.63. The zero-order chi connectivity index (χ0) is 19.6. The number of aromatic nitrogens is 1. The highest BCUT2D eigenvalue weighted by Crippen LogP contribution is 2.17. The van der Waals surface area contributed by atoms with E-state index in [9.17, 15) is 13.2 Å². The van der Waals surface area contributed by atoms with Crippen molar-refractivity contribution in [3.05, 3.63) is 53.3 Å². The minimum absolute atomic E-state index is 0.105. The highest BCUT2D eigenvalue weighted by atomic mass is 32.2. The molecule has 27 heavy (non-hydrogen) atoms. The minimum atomic E-state index is -3.56. The number of nitrogens with one attached hydrogen (secondary N) is 1. The predicted molar refractivity (Wildman–Crippen MR) is 104 cm³/mol. The van der Waals surface area contributed by atoms with Crippen LogP contribution in [0.3, 0.4) is 0 Å². The summed E-state index contributed by atoms with van der Waals surface area (Å²) in [6.07, 6.45) is 1.47. The van der Waals surface area contributed by atoms with E-state index in [-0.39, 0.29) is 10.8 Å². The van der Waals surface area contributed by atoms with Gasteiger partial charge in [-0.25, -0.2) is 13.1 Å². The smallest absolute Gasteiger partial charge is 0.270 e. The Bertz CT molecular complexity index is 928. The van der Waals surface area contributed by atoms with Gasteiger partial charge < -0.3 is 9.47 Å². The fourth-order valence-electron chi connectivity index (χ4n) is 3.35. The zero-order valence-electron chi connectivity index (χ0n) is 16.0. The third-order valence-corrected chi connectivity index (χ3v) is 6.31. The molecule has 1 N–H and O–H groups in total. The van der Waals surface area contributed by atoms with Gasteiger partial charge in [0.1, 0.15) is 10.6 Å². The van der Waals surface area contributed by atoms with Crippen molar-refractivity contribution in [2.24, 2.45) is 7.05 Å². The second-order valence-corrected chi connectivity index (χ2v) is 8.82. The van der Waals surface area contributed by atoms with Gasteiger partial charge in [-0.2, -0.15) is 0 Å². The maximum Gasteiger partial charge on any atom is 0.270 e. The number of sulfonamides is 1. The van der Waals surface area contributed by atoms with E-state index in [0.29, 0.717) is 18.8 Å². The summed E-state index contributed by atoms with van der Waals surface area (Å²) >= 11 is 0. The van der Waals surface area contributed by atoms with Gasteiger partial charge in [0.2, 0.25) is 10.0 Å². The van der Waals surface area contributed by atoms with E-state index in [1.54, 1.807) is 16.5 Å². The summed E-state index contributed by atoms with van der Waals surface area (Å²) < 4.78 is 27.8. The molecule has 1 aliphatic heterocycles. The number of rotatable bonds is 5. The van der Waals surface area contributed by atoms with Crippen LogP contribution >= 0.6 is 0 Å². The molecule has 0 aliphatic carbocycles. The first-order valence-electron chi connectivity index (χ1n) is 8.97. The van der Waals surface area contributed by atoms with Crippen LogP contribution in [0.25, 0.3) is 0 Å². The lowest BCUT2D eigenvalue weighted by atomic mass is 10.1. The van der Waals surface area contributed by atoms with Crippen LogP contribution in [0.15, 0.2) is 41.4 Å². The molecule has 0 atom stereocenters. The molecular formula is C19H26N4O3S. The first kappa shape index (κ1) is 19.6. The summed E-state index contributed by atoms with van der Waals surface area (Å²) in [7, 11) is -0.512. The summed E-state index contributed by atoms with van der Waals surface area (Å²) in [5.74, 6) is -0.134. The molecule has 1 saturated heterocycles. The second kappa shape index (κ2) is 7.84. The molecule has 1 aromatic carbocycles. The molecule has 7 nitrogen and oxygen atoms in total. The number of nitrogens with zero attached hydrogens (tertiary/aromatic N) is 3. The molecule has 0 saturated carbocycles. The summed E-state index contributed by atoms with van der Waals surface area (Å²) in [5, 5.41) is 0. The second-order valence-electron chi connectivity index (χ2n) is 6.94. The van der Waals surface area contributed by atoms with Crippen LogP contribution in [-0.4, -0.2) is 61.9 Å². The maximum absolute atomic E-state index is 12.8. The quantitative estimate of drug-likeness (QED) is 0.833. The predicted octanol–water partition coefficient (Wildman–Crippen LogP) is 1.20. The molecule has 0 spiro atoms. The molecule has 1 aromatic heterocycles. The lowest BCUT2D eigenvalue weighted by Crippen LogP contribution is -2.48. The molecule has 2 heterocycles. The van der Waals surface area contributed by atoms with Crippen LogP contribution in [0.5, 0.6) is 0 Å². The molecule has 1 fully saturated rings. The average molecular weight is 391 g/mol. The van der Waals surface area contributed by atoms with E-state index in [4.69, 9.17) is 0 Å². The van der Waals surface area contributed by atoms with Crippen molar-refractivity contribution in [3.63, 3.8) is 0 Å². The Morgan fingerprint density at radius 2 is 1.85 bits per heavy atom. The first-order chi connectivity index (χ1) is 12.8. The van der Waals surface area contributed by atoms with E-state index in [2.05, 4.69) is 40.8 Å². The Morgan fingerprint density at radius 1 is 1.15 bits per heavy atom. The average Bonchev–Trinajstić information content (AvgIpc) is 3.04. The molecule has 0 bridgehead atoms. The molecule has 1 aliphatic rings.